The number of benzene rings is 1. The van der Waals surface area contributed by atoms with Crippen molar-refractivity contribution < 1.29 is 24.2 Å². The average Bonchev–Trinajstić information content (AvgIpc) is 3.41. The van der Waals surface area contributed by atoms with Gasteiger partial charge in [0.05, 0.1) is 25.3 Å². The number of H-pyrrole nitrogens is 1. The van der Waals surface area contributed by atoms with Crippen LogP contribution in [0.15, 0.2) is 36.0 Å². The number of carboxylic acids is 1. The zero-order chi connectivity index (χ0) is 22.1. The van der Waals surface area contributed by atoms with E-state index in [9.17, 15) is 14.7 Å². The van der Waals surface area contributed by atoms with Crippen LogP contribution in [0.1, 0.15) is 30.6 Å². The number of ether oxygens (including phenoxy) is 2. The van der Waals surface area contributed by atoms with Crippen molar-refractivity contribution in [1.29, 1.82) is 0 Å². The summed E-state index contributed by atoms with van der Waals surface area (Å²) in [5.74, 6) is -1.35. The van der Waals surface area contributed by atoms with Crippen molar-refractivity contribution in [2.75, 3.05) is 20.3 Å². The number of carbonyl (C=O) groups excluding carboxylic acids is 1. The Labute approximate surface area is 185 Å². The Balaban J connectivity index is 1.45. The maximum Gasteiger partial charge on any atom is 0.335 e. The molecular formula is C24H27N3O5. The lowest BCUT2D eigenvalue weighted by Crippen LogP contribution is -2.59. The van der Waals surface area contributed by atoms with Gasteiger partial charge in [0.15, 0.2) is 0 Å². The van der Waals surface area contributed by atoms with Crippen molar-refractivity contribution in [2.45, 2.75) is 44.1 Å². The van der Waals surface area contributed by atoms with Gasteiger partial charge in [0, 0.05) is 47.2 Å². The van der Waals surface area contributed by atoms with Crippen LogP contribution in [0.4, 0.5) is 0 Å². The highest BCUT2D eigenvalue weighted by molar-refractivity contribution is 5.89. The van der Waals surface area contributed by atoms with Crippen molar-refractivity contribution in [3.63, 3.8) is 0 Å². The molecule has 6 rings (SSSR count). The highest BCUT2D eigenvalue weighted by Gasteiger charge is 2.58. The van der Waals surface area contributed by atoms with Crippen LogP contribution in [0.3, 0.4) is 0 Å². The number of aliphatic carboxylic acids is 1. The van der Waals surface area contributed by atoms with Crippen LogP contribution in [0.2, 0.25) is 0 Å². The van der Waals surface area contributed by atoms with Crippen LogP contribution in [-0.2, 0) is 25.5 Å². The quantitative estimate of drug-likeness (QED) is 0.712. The number of aromatic nitrogens is 1. The highest BCUT2D eigenvalue weighted by Crippen LogP contribution is 2.53. The van der Waals surface area contributed by atoms with Crippen LogP contribution in [0.25, 0.3) is 10.9 Å². The van der Waals surface area contributed by atoms with Crippen molar-refractivity contribution in [3.05, 3.63) is 47.3 Å². The van der Waals surface area contributed by atoms with Gasteiger partial charge in [0.1, 0.15) is 12.3 Å². The van der Waals surface area contributed by atoms with Gasteiger partial charge < -0.3 is 24.5 Å². The summed E-state index contributed by atoms with van der Waals surface area (Å²) >= 11 is 0. The second-order valence-electron chi connectivity index (χ2n) is 9.31. The smallest absolute Gasteiger partial charge is 0.335 e. The SMILES string of the molecule is COC(=O)C1=CN([C@H](C)C(=O)O)[C@H]2OC[C@H]3[C@@H]2[C@@H]1C[C@H]1c2[nH]c4ccccc4c2CCN13. The van der Waals surface area contributed by atoms with Crippen LogP contribution >= 0.6 is 0 Å². The van der Waals surface area contributed by atoms with E-state index >= 15 is 0 Å². The molecule has 0 aliphatic carbocycles. The Hall–Kier alpha value is -2.84. The van der Waals surface area contributed by atoms with E-state index in [1.165, 1.54) is 23.8 Å². The van der Waals surface area contributed by atoms with Gasteiger partial charge in [-0.15, -0.1) is 0 Å². The number of nitrogens with zero attached hydrogens (tertiary/aromatic N) is 2. The fourth-order valence-corrected chi connectivity index (χ4v) is 6.51. The molecule has 4 aliphatic rings. The molecule has 0 saturated carbocycles. The van der Waals surface area contributed by atoms with Gasteiger partial charge in [-0.25, -0.2) is 9.59 Å². The van der Waals surface area contributed by atoms with E-state index in [1.54, 1.807) is 18.0 Å². The molecule has 0 unspecified atom stereocenters. The first-order valence-corrected chi connectivity index (χ1v) is 11.3. The number of esters is 1. The zero-order valence-corrected chi connectivity index (χ0v) is 18.2. The number of para-hydroxylation sites is 1. The first-order valence-electron chi connectivity index (χ1n) is 11.3. The molecule has 0 radical (unpaired) electrons. The number of methoxy groups -OCH3 is 1. The van der Waals surface area contributed by atoms with Crippen LogP contribution in [-0.4, -0.2) is 70.4 Å². The third-order valence-electron chi connectivity index (χ3n) is 7.99. The number of nitrogens with one attached hydrogen (secondary N) is 1. The summed E-state index contributed by atoms with van der Waals surface area (Å²) in [4.78, 5) is 32.5. The monoisotopic (exact) mass is 437 g/mol. The lowest BCUT2D eigenvalue weighted by Gasteiger charge is -2.52. The van der Waals surface area contributed by atoms with E-state index in [1.807, 2.05) is 6.07 Å². The molecule has 5 heterocycles. The molecule has 2 saturated heterocycles. The number of carbonyl (C=O) groups is 2. The Morgan fingerprint density at radius 3 is 2.91 bits per heavy atom. The first kappa shape index (κ1) is 19.8. The number of fused-ring (bicyclic) bond motifs is 6. The molecule has 8 heteroatoms. The molecule has 1 aromatic carbocycles. The predicted octanol–water partition coefficient (Wildman–Crippen LogP) is 2.27. The van der Waals surface area contributed by atoms with Crippen LogP contribution < -0.4 is 0 Å². The molecule has 1 aromatic heterocycles. The van der Waals surface area contributed by atoms with Gasteiger partial charge in [-0.1, -0.05) is 18.2 Å². The fourth-order valence-electron chi connectivity index (χ4n) is 6.51. The minimum absolute atomic E-state index is 0.0260. The third-order valence-corrected chi connectivity index (χ3v) is 7.99. The summed E-state index contributed by atoms with van der Waals surface area (Å²) in [5.41, 5.74) is 4.32. The van der Waals surface area contributed by atoms with E-state index < -0.39 is 12.0 Å². The Bertz CT molecular complexity index is 1140. The summed E-state index contributed by atoms with van der Waals surface area (Å²) in [6, 6.07) is 7.91. The van der Waals surface area contributed by atoms with Crippen molar-refractivity contribution in [2.24, 2.45) is 11.8 Å². The van der Waals surface area contributed by atoms with Gasteiger partial charge in [-0.05, 0) is 31.4 Å². The van der Waals surface area contributed by atoms with Gasteiger partial charge >= 0.3 is 11.9 Å². The first-order chi connectivity index (χ1) is 15.5. The number of aromatic amines is 1. The molecule has 32 heavy (non-hydrogen) atoms. The number of rotatable bonds is 3. The largest absolute Gasteiger partial charge is 0.480 e. The van der Waals surface area contributed by atoms with Crippen LogP contribution in [0.5, 0.6) is 0 Å². The predicted molar refractivity (Wildman–Crippen MR) is 116 cm³/mol. The second-order valence-corrected chi connectivity index (χ2v) is 9.31. The van der Waals surface area contributed by atoms with E-state index in [0.717, 1.165) is 24.9 Å². The van der Waals surface area contributed by atoms with Gasteiger partial charge in [-0.3, -0.25) is 4.90 Å². The van der Waals surface area contributed by atoms with E-state index in [2.05, 4.69) is 28.1 Å². The molecule has 4 aliphatic heterocycles. The van der Waals surface area contributed by atoms with Gasteiger partial charge in [0.2, 0.25) is 0 Å². The van der Waals surface area contributed by atoms with Crippen LogP contribution in [0, 0.1) is 11.8 Å². The summed E-state index contributed by atoms with van der Waals surface area (Å²) in [6.45, 7) is 3.09. The molecule has 2 aromatic rings. The Morgan fingerprint density at radius 1 is 1.31 bits per heavy atom. The summed E-state index contributed by atoms with van der Waals surface area (Å²) in [5, 5.41) is 10.9. The number of carboxylic acid groups (broad SMARTS) is 1. The van der Waals surface area contributed by atoms with Crippen molar-refractivity contribution in [1.82, 2.24) is 14.8 Å². The van der Waals surface area contributed by atoms with Gasteiger partial charge in [0.25, 0.3) is 0 Å². The molecule has 0 amide bonds. The molecule has 168 valence electrons. The van der Waals surface area contributed by atoms with E-state index in [-0.39, 0.29) is 36.1 Å². The standard InChI is InChI=1S/C24H27N3O5/c1-12(23(28)29)27-10-16(24(30)31-2)15-9-18-21-14(13-5-3-4-6-17(13)25-21)7-8-26(18)19-11-32-22(27)20(15)19/h3-6,10,12,15,18-20,22,25H,7-9,11H2,1-2H3,(H,28,29)/t12-,15-,18+,19+,20+,22+/m1/s1. The normalized spacial score (nSPS) is 32.0. The summed E-state index contributed by atoms with van der Waals surface area (Å²) in [6.07, 6.45) is 3.07. The van der Waals surface area contributed by atoms with E-state index in [0.29, 0.717) is 12.2 Å². The van der Waals surface area contributed by atoms with Crippen molar-refractivity contribution in [3.8, 4) is 0 Å². The number of hydrogen-bond acceptors (Lipinski definition) is 6. The number of piperidine rings is 1. The zero-order valence-electron chi connectivity index (χ0n) is 18.2. The molecule has 8 nitrogen and oxygen atoms in total. The molecular weight excluding hydrogens is 410 g/mol. The number of hydrogen-bond donors (Lipinski definition) is 2. The summed E-state index contributed by atoms with van der Waals surface area (Å²) < 4.78 is 11.4. The topological polar surface area (TPSA) is 95.1 Å². The second kappa shape index (κ2) is 7.08. The molecule has 2 N–H and O–H groups in total. The molecule has 0 spiro atoms. The fraction of sp³-hybridized carbons (Fsp3) is 0.500. The van der Waals surface area contributed by atoms with Crippen molar-refractivity contribution >= 4 is 22.8 Å². The summed E-state index contributed by atoms with van der Waals surface area (Å²) in [7, 11) is 1.38. The maximum atomic E-state index is 12.8. The lowest BCUT2D eigenvalue weighted by atomic mass is 9.69. The average molecular weight is 437 g/mol. The third kappa shape index (κ3) is 2.62. The van der Waals surface area contributed by atoms with E-state index in [4.69, 9.17) is 9.47 Å². The highest BCUT2D eigenvalue weighted by atomic mass is 16.5. The molecule has 2 fully saturated rings. The molecule has 6 atom stereocenters. The molecule has 0 bridgehead atoms. The lowest BCUT2D eigenvalue weighted by molar-refractivity contribution is -0.150. The Kier molecular flexibility index (Phi) is 4.39. The maximum absolute atomic E-state index is 12.8. The minimum Gasteiger partial charge on any atom is -0.480 e. The minimum atomic E-state index is -0.939. The van der Waals surface area contributed by atoms with Gasteiger partial charge in [-0.2, -0.15) is 0 Å². The Morgan fingerprint density at radius 2 is 2.12 bits per heavy atom.